The van der Waals surface area contributed by atoms with E-state index in [1.807, 2.05) is 44.7 Å². The van der Waals surface area contributed by atoms with Gasteiger partial charge in [0.25, 0.3) is 0 Å². The van der Waals surface area contributed by atoms with Crippen molar-refractivity contribution in [3.8, 4) is 5.69 Å². The fraction of sp³-hybridized carbons (Fsp3) is 0.423. The van der Waals surface area contributed by atoms with Gasteiger partial charge in [-0.25, -0.2) is 9.78 Å². The molecule has 1 fully saturated rings. The maximum atomic E-state index is 12.0. The van der Waals surface area contributed by atoms with Gasteiger partial charge in [-0.3, -0.25) is 10.1 Å². The summed E-state index contributed by atoms with van der Waals surface area (Å²) in [6.07, 6.45) is 1.22. The lowest BCUT2D eigenvalue weighted by molar-refractivity contribution is -0.133. The number of hydrogen-bond acceptors (Lipinski definition) is 9. The number of nitrogens with zero attached hydrogens (tertiary/aromatic N) is 6. The summed E-state index contributed by atoms with van der Waals surface area (Å²) in [5, 5.41) is 10.3. The van der Waals surface area contributed by atoms with E-state index in [2.05, 4.69) is 30.6 Å². The van der Waals surface area contributed by atoms with Crippen LogP contribution in [-0.4, -0.2) is 68.4 Å². The molecule has 12 nitrogen and oxygen atoms in total. The molecule has 3 aromatic rings. The average Bonchev–Trinajstić information content (AvgIpc) is 3.23. The van der Waals surface area contributed by atoms with Crippen molar-refractivity contribution in [1.29, 1.82) is 0 Å². The number of carbonyl (C=O) groups excluding carboxylic acids is 2. The van der Waals surface area contributed by atoms with Crippen LogP contribution < -0.4 is 21.3 Å². The van der Waals surface area contributed by atoms with Gasteiger partial charge in [-0.05, 0) is 50.1 Å². The Hall–Kier alpha value is -4.35. The number of nitrogens with two attached hydrogens (primary N) is 1. The molecular formula is C26H35N9O3. The van der Waals surface area contributed by atoms with Gasteiger partial charge in [-0.15, -0.1) is 5.10 Å². The Morgan fingerprint density at radius 3 is 2.39 bits per heavy atom. The normalized spacial score (nSPS) is 17.4. The predicted molar refractivity (Wildman–Crippen MR) is 147 cm³/mol. The number of amides is 2. The average molecular weight is 522 g/mol. The summed E-state index contributed by atoms with van der Waals surface area (Å²) in [4.78, 5) is 36.8. The van der Waals surface area contributed by atoms with Crippen LogP contribution in [0.2, 0.25) is 0 Å². The third-order valence-corrected chi connectivity index (χ3v) is 6.15. The summed E-state index contributed by atoms with van der Waals surface area (Å²) in [6.45, 7) is 11.4. The minimum atomic E-state index is -0.492. The molecule has 2 amide bonds. The van der Waals surface area contributed by atoms with Gasteiger partial charge in [0.05, 0.1) is 12.3 Å². The van der Waals surface area contributed by atoms with Crippen molar-refractivity contribution in [3.63, 3.8) is 0 Å². The molecular weight excluding hydrogens is 486 g/mol. The first-order valence-electron chi connectivity index (χ1n) is 12.6. The second-order valence-corrected chi connectivity index (χ2v) is 9.93. The fourth-order valence-corrected chi connectivity index (χ4v) is 4.57. The summed E-state index contributed by atoms with van der Waals surface area (Å²) in [7, 11) is 0. The first-order valence-corrected chi connectivity index (χ1v) is 12.6. The SMILES string of the molecule is CC(=O)N1[C@H](C)CN(c2cc(-n3nc(Nc4ccc(NC(=O)OCC(C)C)cc4)nc3N)ccn2)C[C@@H]1C. The third kappa shape index (κ3) is 6.31. The maximum Gasteiger partial charge on any atom is 0.411 e. The highest BCUT2D eigenvalue weighted by Crippen LogP contribution is 2.24. The van der Waals surface area contributed by atoms with E-state index in [9.17, 15) is 9.59 Å². The van der Waals surface area contributed by atoms with Gasteiger partial charge in [0.15, 0.2) is 0 Å². The van der Waals surface area contributed by atoms with Crippen molar-refractivity contribution in [2.24, 2.45) is 5.92 Å². The summed E-state index contributed by atoms with van der Waals surface area (Å²) >= 11 is 0. The van der Waals surface area contributed by atoms with Crippen molar-refractivity contribution < 1.29 is 14.3 Å². The van der Waals surface area contributed by atoms with E-state index in [4.69, 9.17) is 10.5 Å². The van der Waals surface area contributed by atoms with Crippen LogP contribution in [0, 0.1) is 5.92 Å². The highest BCUT2D eigenvalue weighted by atomic mass is 16.5. The van der Waals surface area contributed by atoms with Crippen LogP contribution in [-0.2, 0) is 9.53 Å². The number of rotatable bonds is 7. The summed E-state index contributed by atoms with van der Waals surface area (Å²) in [5.41, 5.74) is 8.25. The van der Waals surface area contributed by atoms with E-state index in [1.54, 1.807) is 42.1 Å². The minimum absolute atomic E-state index is 0.0706. The first-order chi connectivity index (χ1) is 18.1. The third-order valence-electron chi connectivity index (χ3n) is 6.15. The maximum absolute atomic E-state index is 12.0. The Labute approximate surface area is 222 Å². The molecule has 1 aromatic carbocycles. The standard InChI is InChI=1S/C26H35N9O3/c1-16(2)15-38-26(37)30-21-8-6-20(7-9-21)29-25-31-24(27)35(32-25)22-10-11-28-23(12-22)33-13-17(3)34(19(5)36)18(4)14-33/h6-12,16-18H,13-15H2,1-5H3,(H,30,37)(H3,27,29,31,32)/t17-,18+. The molecule has 0 aliphatic carbocycles. The van der Waals surface area contributed by atoms with Crippen molar-refractivity contribution in [1.82, 2.24) is 24.6 Å². The smallest absolute Gasteiger partial charge is 0.411 e. The highest BCUT2D eigenvalue weighted by molar-refractivity contribution is 5.85. The molecule has 4 N–H and O–H groups in total. The molecule has 0 saturated carbocycles. The highest BCUT2D eigenvalue weighted by Gasteiger charge is 2.31. The molecule has 3 heterocycles. The minimum Gasteiger partial charge on any atom is -0.449 e. The molecule has 1 aliphatic rings. The van der Waals surface area contributed by atoms with E-state index in [0.29, 0.717) is 31.3 Å². The van der Waals surface area contributed by atoms with Crippen molar-refractivity contribution in [2.75, 3.05) is 41.0 Å². The predicted octanol–water partition coefficient (Wildman–Crippen LogP) is 3.64. The molecule has 0 bridgehead atoms. The van der Waals surface area contributed by atoms with Crippen LogP contribution in [0.4, 0.5) is 33.9 Å². The molecule has 4 rings (SSSR count). The molecule has 1 aliphatic heterocycles. The van der Waals surface area contributed by atoms with Gasteiger partial charge in [0.1, 0.15) is 5.82 Å². The number of aromatic nitrogens is 4. The monoisotopic (exact) mass is 521 g/mol. The number of benzene rings is 1. The number of anilines is 5. The van der Waals surface area contributed by atoms with Crippen LogP contribution in [0.3, 0.4) is 0 Å². The molecule has 38 heavy (non-hydrogen) atoms. The molecule has 2 atom stereocenters. The van der Waals surface area contributed by atoms with Crippen LogP contribution in [0.25, 0.3) is 5.69 Å². The number of piperazine rings is 1. The zero-order valence-corrected chi connectivity index (χ0v) is 22.4. The van der Waals surface area contributed by atoms with E-state index in [1.165, 1.54) is 0 Å². The van der Waals surface area contributed by atoms with Gasteiger partial charge >= 0.3 is 6.09 Å². The van der Waals surface area contributed by atoms with Gasteiger partial charge < -0.3 is 25.6 Å². The van der Waals surface area contributed by atoms with Crippen LogP contribution in [0.5, 0.6) is 0 Å². The Morgan fingerprint density at radius 2 is 1.76 bits per heavy atom. The lowest BCUT2D eigenvalue weighted by Gasteiger charge is -2.44. The number of pyridine rings is 1. The molecule has 202 valence electrons. The molecule has 2 aromatic heterocycles. The number of nitrogen functional groups attached to an aromatic ring is 1. The summed E-state index contributed by atoms with van der Waals surface area (Å²) in [6, 6.07) is 11.0. The van der Waals surface area contributed by atoms with E-state index in [0.717, 1.165) is 17.2 Å². The number of hydrogen-bond donors (Lipinski definition) is 3. The van der Waals surface area contributed by atoms with Gasteiger partial charge in [-0.2, -0.15) is 9.67 Å². The Kier molecular flexibility index (Phi) is 7.99. The number of ether oxygens (including phenoxy) is 1. The molecule has 12 heteroatoms. The Balaban J connectivity index is 1.43. The van der Waals surface area contributed by atoms with Crippen molar-refractivity contribution in [3.05, 3.63) is 42.6 Å². The van der Waals surface area contributed by atoms with Gasteiger partial charge in [0, 0.05) is 55.7 Å². The van der Waals surface area contributed by atoms with Gasteiger partial charge in [0.2, 0.25) is 17.8 Å². The van der Waals surface area contributed by atoms with E-state index >= 15 is 0 Å². The molecule has 0 spiro atoms. The van der Waals surface area contributed by atoms with Crippen molar-refractivity contribution >= 4 is 41.1 Å². The topological polar surface area (TPSA) is 144 Å². The van der Waals surface area contributed by atoms with Gasteiger partial charge in [-0.1, -0.05) is 13.8 Å². The second kappa shape index (κ2) is 11.4. The summed E-state index contributed by atoms with van der Waals surface area (Å²) < 4.78 is 6.69. The number of carbonyl (C=O) groups is 2. The Morgan fingerprint density at radius 1 is 1.11 bits per heavy atom. The number of nitrogens with one attached hydrogen (secondary N) is 2. The van der Waals surface area contributed by atoms with Crippen LogP contribution in [0.15, 0.2) is 42.6 Å². The van der Waals surface area contributed by atoms with Crippen molar-refractivity contribution in [2.45, 2.75) is 46.7 Å². The zero-order valence-electron chi connectivity index (χ0n) is 22.4. The largest absolute Gasteiger partial charge is 0.449 e. The first kappa shape index (κ1) is 26.7. The Bertz CT molecular complexity index is 1260. The van der Waals surface area contributed by atoms with Crippen LogP contribution >= 0.6 is 0 Å². The van der Waals surface area contributed by atoms with Crippen LogP contribution in [0.1, 0.15) is 34.6 Å². The lowest BCUT2D eigenvalue weighted by atomic mass is 10.1. The zero-order chi connectivity index (χ0) is 27.4. The fourth-order valence-electron chi connectivity index (χ4n) is 4.57. The van der Waals surface area contributed by atoms with E-state index in [-0.39, 0.29) is 29.9 Å². The molecule has 0 radical (unpaired) electrons. The second-order valence-electron chi connectivity index (χ2n) is 9.93. The molecule has 0 unspecified atom stereocenters. The quantitative estimate of drug-likeness (QED) is 0.424. The summed E-state index contributed by atoms with van der Waals surface area (Å²) in [5.74, 6) is 1.68. The lowest BCUT2D eigenvalue weighted by Crippen LogP contribution is -2.58. The van der Waals surface area contributed by atoms with E-state index < -0.39 is 6.09 Å². The molecule has 1 saturated heterocycles.